The second-order valence-corrected chi connectivity index (χ2v) is 5.26. The molecule has 0 saturated carbocycles. The molecule has 0 spiro atoms. The predicted molar refractivity (Wildman–Crippen MR) is 74.5 cm³/mol. The fraction of sp³-hybridized carbons (Fsp3) is 0.692. The maximum Gasteiger partial charge on any atom is 0.0791 e. The fourth-order valence-electron chi connectivity index (χ4n) is 1.80. The van der Waals surface area contributed by atoms with Crippen LogP contribution < -0.4 is 5.32 Å². The first-order chi connectivity index (χ1) is 8.17. The van der Waals surface area contributed by atoms with Crippen LogP contribution in [0.1, 0.15) is 31.7 Å². The van der Waals surface area contributed by atoms with Crippen molar-refractivity contribution in [3.05, 3.63) is 22.4 Å². The van der Waals surface area contributed by atoms with E-state index < -0.39 is 0 Å². The Hall–Kier alpha value is -0.420. The smallest absolute Gasteiger partial charge is 0.0791 e. The monoisotopic (exact) mass is 256 g/mol. The maximum absolute atomic E-state index is 9.93. The molecule has 1 heterocycles. The highest BCUT2D eigenvalue weighted by Crippen LogP contribution is 2.17. The minimum Gasteiger partial charge on any atom is -0.390 e. The highest BCUT2D eigenvalue weighted by molar-refractivity contribution is 7.10. The first-order valence-electron chi connectivity index (χ1n) is 6.34. The predicted octanol–water partition coefficient (Wildman–Crippen LogP) is 2.10. The number of hydrogen-bond acceptors (Lipinski definition) is 4. The first kappa shape index (κ1) is 14.6. The maximum atomic E-state index is 9.93. The molecular formula is C13H24N2OS. The normalized spacial score (nSPS) is 15.1. The lowest BCUT2D eigenvalue weighted by Crippen LogP contribution is -2.38. The Morgan fingerprint density at radius 2 is 2.12 bits per heavy atom. The zero-order valence-electron chi connectivity index (χ0n) is 11.0. The number of aliphatic hydroxyl groups excluding tert-OH is 1. The molecule has 0 radical (unpaired) electrons. The molecule has 3 nitrogen and oxygen atoms in total. The third kappa shape index (κ3) is 5.17. The van der Waals surface area contributed by atoms with Crippen molar-refractivity contribution in [2.24, 2.45) is 0 Å². The molecule has 0 saturated heterocycles. The zero-order chi connectivity index (χ0) is 12.7. The van der Waals surface area contributed by atoms with Crippen molar-refractivity contribution in [3.8, 4) is 0 Å². The van der Waals surface area contributed by atoms with Gasteiger partial charge < -0.3 is 15.3 Å². The van der Waals surface area contributed by atoms with Crippen LogP contribution in [0.4, 0.5) is 0 Å². The lowest BCUT2D eigenvalue weighted by atomic mass is 10.2. The van der Waals surface area contributed by atoms with Crippen LogP contribution in [0.3, 0.4) is 0 Å². The summed E-state index contributed by atoms with van der Waals surface area (Å²) >= 11 is 1.75. The Balaban J connectivity index is 2.25. The van der Waals surface area contributed by atoms with Gasteiger partial charge in [0.25, 0.3) is 0 Å². The van der Waals surface area contributed by atoms with Gasteiger partial charge in [0.1, 0.15) is 0 Å². The van der Waals surface area contributed by atoms with Gasteiger partial charge in [0.2, 0.25) is 0 Å². The van der Waals surface area contributed by atoms with Gasteiger partial charge in [0, 0.05) is 24.0 Å². The van der Waals surface area contributed by atoms with Crippen molar-refractivity contribution in [1.82, 2.24) is 10.2 Å². The fourth-order valence-corrected chi connectivity index (χ4v) is 2.55. The molecule has 2 atom stereocenters. The summed E-state index contributed by atoms with van der Waals surface area (Å²) in [5, 5.41) is 15.4. The van der Waals surface area contributed by atoms with E-state index in [1.807, 2.05) is 0 Å². The Kier molecular flexibility index (Phi) is 6.73. The Bertz CT molecular complexity index is 286. The van der Waals surface area contributed by atoms with Crippen molar-refractivity contribution in [2.45, 2.75) is 32.9 Å². The summed E-state index contributed by atoms with van der Waals surface area (Å²) in [6.45, 7) is 9.76. The number of nitrogens with zero attached hydrogens (tertiary/aromatic N) is 1. The molecule has 0 amide bonds. The van der Waals surface area contributed by atoms with Crippen LogP contribution in [0.5, 0.6) is 0 Å². The van der Waals surface area contributed by atoms with Gasteiger partial charge >= 0.3 is 0 Å². The van der Waals surface area contributed by atoms with Gasteiger partial charge in [0.15, 0.2) is 0 Å². The lowest BCUT2D eigenvalue weighted by molar-refractivity contribution is 0.114. The summed E-state index contributed by atoms with van der Waals surface area (Å²) in [5.74, 6) is 0. The van der Waals surface area contributed by atoms with Crippen LogP contribution in [0.15, 0.2) is 17.5 Å². The molecule has 0 aliphatic carbocycles. The minimum absolute atomic E-state index is 0.294. The van der Waals surface area contributed by atoms with E-state index in [1.54, 1.807) is 11.3 Å². The van der Waals surface area contributed by atoms with Crippen LogP contribution in [0.2, 0.25) is 0 Å². The summed E-state index contributed by atoms with van der Waals surface area (Å²) in [6.07, 6.45) is -0.294. The molecule has 4 heteroatoms. The van der Waals surface area contributed by atoms with Gasteiger partial charge in [0.05, 0.1) is 6.10 Å². The second-order valence-electron chi connectivity index (χ2n) is 4.29. The van der Waals surface area contributed by atoms with Crippen LogP contribution in [0, 0.1) is 0 Å². The van der Waals surface area contributed by atoms with Crippen molar-refractivity contribution in [1.29, 1.82) is 0 Å². The molecule has 1 aromatic rings. The summed E-state index contributed by atoms with van der Waals surface area (Å²) in [4.78, 5) is 3.56. The minimum atomic E-state index is -0.294. The van der Waals surface area contributed by atoms with Gasteiger partial charge in [-0.2, -0.15) is 0 Å². The van der Waals surface area contributed by atoms with Crippen LogP contribution >= 0.6 is 11.3 Å². The molecule has 0 aromatic carbocycles. The Labute approximate surface area is 108 Å². The standard InChI is InChI=1S/C13H24N2OS/c1-4-15(5-2)10-12(16)9-14-11(3)13-7-6-8-17-13/h6-8,11-12,14,16H,4-5,9-10H2,1-3H3/t11-,12?/m0/s1. The number of hydrogen-bond donors (Lipinski definition) is 2. The molecule has 17 heavy (non-hydrogen) atoms. The van der Waals surface area contributed by atoms with Crippen molar-refractivity contribution in [2.75, 3.05) is 26.2 Å². The second kappa shape index (κ2) is 7.82. The molecule has 98 valence electrons. The number of likely N-dealkylation sites (N-methyl/N-ethyl adjacent to an activating group) is 1. The molecule has 0 aliphatic rings. The van der Waals surface area contributed by atoms with Gasteiger partial charge in [-0.3, -0.25) is 0 Å². The molecule has 1 aromatic heterocycles. The van der Waals surface area contributed by atoms with Gasteiger partial charge in [-0.05, 0) is 31.5 Å². The average molecular weight is 256 g/mol. The van der Waals surface area contributed by atoms with E-state index in [0.29, 0.717) is 12.6 Å². The summed E-state index contributed by atoms with van der Waals surface area (Å²) in [5.41, 5.74) is 0. The zero-order valence-corrected chi connectivity index (χ0v) is 11.8. The van der Waals surface area contributed by atoms with Gasteiger partial charge in [-0.1, -0.05) is 19.9 Å². The largest absolute Gasteiger partial charge is 0.390 e. The third-order valence-electron chi connectivity index (χ3n) is 2.99. The van der Waals surface area contributed by atoms with Gasteiger partial charge in [-0.25, -0.2) is 0 Å². The first-order valence-corrected chi connectivity index (χ1v) is 7.22. The van der Waals surface area contributed by atoms with E-state index in [2.05, 4.69) is 48.5 Å². The molecule has 2 N–H and O–H groups in total. The topological polar surface area (TPSA) is 35.5 Å². The summed E-state index contributed by atoms with van der Waals surface area (Å²) in [6, 6.07) is 4.50. The molecule has 0 fully saturated rings. The average Bonchev–Trinajstić information content (AvgIpc) is 2.86. The van der Waals surface area contributed by atoms with Crippen LogP contribution in [0.25, 0.3) is 0 Å². The molecule has 0 aliphatic heterocycles. The van der Waals surface area contributed by atoms with E-state index in [-0.39, 0.29) is 6.10 Å². The SMILES string of the molecule is CCN(CC)CC(O)CN[C@@H](C)c1cccs1. The molecule has 0 bridgehead atoms. The number of thiophene rings is 1. The van der Waals surface area contributed by atoms with Crippen molar-refractivity contribution < 1.29 is 5.11 Å². The summed E-state index contributed by atoms with van der Waals surface area (Å²) in [7, 11) is 0. The highest BCUT2D eigenvalue weighted by atomic mass is 32.1. The summed E-state index contributed by atoms with van der Waals surface area (Å²) < 4.78 is 0. The molecule has 1 rings (SSSR count). The number of aliphatic hydroxyl groups is 1. The third-order valence-corrected chi connectivity index (χ3v) is 4.05. The van der Waals surface area contributed by atoms with E-state index in [0.717, 1.165) is 19.6 Å². The van der Waals surface area contributed by atoms with E-state index in [1.165, 1.54) is 4.88 Å². The quantitative estimate of drug-likeness (QED) is 0.748. The van der Waals surface area contributed by atoms with Crippen molar-refractivity contribution in [3.63, 3.8) is 0 Å². The van der Waals surface area contributed by atoms with E-state index >= 15 is 0 Å². The van der Waals surface area contributed by atoms with Gasteiger partial charge in [-0.15, -0.1) is 11.3 Å². The molecule has 1 unspecified atom stereocenters. The van der Waals surface area contributed by atoms with Crippen molar-refractivity contribution >= 4 is 11.3 Å². The van der Waals surface area contributed by atoms with Crippen LogP contribution in [-0.4, -0.2) is 42.3 Å². The van der Waals surface area contributed by atoms with Crippen LogP contribution in [-0.2, 0) is 0 Å². The Morgan fingerprint density at radius 3 is 2.65 bits per heavy atom. The molecular weight excluding hydrogens is 232 g/mol. The number of rotatable bonds is 8. The van der Waals surface area contributed by atoms with E-state index in [4.69, 9.17) is 0 Å². The number of nitrogens with one attached hydrogen (secondary N) is 1. The highest BCUT2D eigenvalue weighted by Gasteiger charge is 2.11. The lowest BCUT2D eigenvalue weighted by Gasteiger charge is -2.23. The Morgan fingerprint density at radius 1 is 1.41 bits per heavy atom. The van der Waals surface area contributed by atoms with E-state index in [9.17, 15) is 5.11 Å².